The van der Waals surface area contributed by atoms with Crippen LogP contribution in [0.2, 0.25) is 0 Å². The molecule has 1 fully saturated rings. The van der Waals surface area contributed by atoms with Crippen LogP contribution in [-0.4, -0.2) is 35.2 Å². The Labute approximate surface area is 211 Å². The molecule has 4 nitrogen and oxygen atoms in total. The number of rotatable bonds is 4. The van der Waals surface area contributed by atoms with Crippen molar-refractivity contribution in [2.75, 3.05) is 13.1 Å². The molecule has 0 N–H and O–H groups in total. The summed E-state index contributed by atoms with van der Waals surface area (Å²) in [5.74, 6) is 0.0585. The molecule has 3 heterocycles. The quantitative estimate of drug-likeness (QED) is 0.389. The first-order valence-corrected chi connectivity index (χ1v) is 13.2. The molecule has 1 amide bonds. The van der Waals surface area contributed by atoms with Gasteiger partial charge in [0.1, 0.15) is 5.60 Å². The van der Waals surface area contributed by atoms with Gasteiger partial charge >= 0.3 is 0 Å². The largest absolute Gasteiger partial charge is 0.388 e. The van der Waals surface area contributed by atoms with Gasteiger partial charge in [0.15, 0.2) is 0 Å². The van der Waals surface area contributed by atoms with Gasteiger partial charge in [0.05, 0.1) is 5.71 Å². The molecule has 2 aromatic carbocycles. The molecule has 2 aliphatic heterocycles. The Hall–Kier alpha value is -3.18. The maximum atomic E-state index is 13.4. The Morgan fingerprint density at radius 1 is 1.00 bits per heavy atom. The Kier molecular flexibility index (Phi) is 6.37. The summed E-state index contributed by atoms with van der Waals surface area (Å²) in [7, 11) is 0. The van der Waals surface area contributed by atoms with Crippen LogP contribution in [0.25, 0.3) is 5.57 Å². The highest BCUT2D eigenvalue weighted by Crippen LogP contribution is 2.36. The molecule has 1 spiro atoms. The van der Waals surface area contributed by atoms with E-state index in [1.165, 1.54) is 5.56 Å². The van der Waals surface area contributed by atoms with Gasteiger partial charge in [0, 0.05) is 38.4 Å². The maximum Gasteiger partial charge on any atom is 0.247 e. The van der Waals surface area contributed by atoms with Gasteiger partial charge in [0.25, 0.3) is 0 Å². The van der Waals surface area contributed by atoms with E-state index in [1.54, 1.807) is 11.3 Å². The van der Waals surface area contributed by atoms with Crippen LogP contribution in [0.15, 0.2) is 82.7 Å². The number of amides is 1. The number of hydrogen-bond donors (Lipinski definition) is 0. The normalized spacial score (nSPS) is 17.9. The van der Waals surface area contributed by atoms with Gasteiger partial charge in [0.2, 0.25) is 5.91 Å². The van der Waals surface area contributed by atoms with Gasteiger partial charge in [-0.25, -0.2) is 0 Å². The van der Waals surface area contributed by atoms with Crippen LogP contribution < -0.4 is 0 Å². The molecule has 1 aromatic heterocycles. The van der Waals surface area contributed by atoms with E-state index in [4.69, 9.17) is 4.84 Å². The molecular weight excluding hydrogens is 452 g/mol. The number of piperidine rings is 1. The lowest BCUT2D eigenvalue weighted by molar-refractivity contribution is -0.131. The SMILES string of the molecule is CC(C)(C)c1ccc(C(=CC(=O)N2CCC3(CC2)CC(c2ccccc2)=NO3)c2ccsc2)cc1. The molecule has 3 aromatic rings. The second kappa shape index (κ2) is 9.46. The predicted octanol–water partition coefficient (Wildman–Crippen LogP) is 6.66. The van der Waals surface area contributed by atoms with Crippen molar-refractivity contribution in [1.29, 1.82) is 0 Å². The Morgan fingerprint density at radius 2 is 1.71 bits per heavy atom. The van der Waals surface area contributed by atoms with Crippen LogP contribution in [0.1, 0.15) is 62.3 Å². The fourth-order valence-corrected chi connectivity index (χ4v) is 5.48. The summed E-state index contributed by atoms with van der Waals surface area (Å²) >= 11 is 1.65. The van der Waals surface area contributed by atoms with Crippen LogP contribution >= 0.6 is 11.3 Å². The van der Waals surface area contributed by atoms with E-state index < -0.39 is 0 Å². The van der Waals surface area contributed by atoms with Gasteiger partial charge in [-0.1, -0.05) is 80.5 Å². The lowest BCUT2D eigenvalue weighted by Gasteiger charge is -2.37. The van der Waals surface area contributed by atoms with E-state index in [0.29, 0.717) is 13.1 Å². The highest BCUT2D eigenvalue weighted by molar-refractivity contribution is 7.08. The van der Waals surface area contributed by atoms with E-state index in [1.807, 2.05) is 29.2 Å². The third-order valence-electron chi connectivity index (χ3n) is 7.09. The van der Waals surface area contributed by atoms with Gasteiger partial charge in [-0.2, -0.15) is 11.3 Å². The van der Waals surface area contributed by atoms with E-state index in [2.05, 4.69) is 79.2 Å². The van der Waals surface area contributed by atoms with Gasteiger partial charge in [-0.05, 0) is 50.1 Å². The summed E-state index contributed by atoms with van der Waals surface area (Å²) in [5.41, 5.74) is 6.34. The highest BCUT2D eigenvalue weighted by atomic mass is 32.1. The van der Waals surface area contributed by atoms with Gasteiger partial charge < -0.3 is 9.74 Å². The number of carbonyl (C=O) groups is 1. The molecule has 5 rings (SSSR count). The second-order valence-electron chi connectivity index (χ2n) is 10.6. The number of likely N-dealkylation sites (tertiary alicyclic amines) is 1. The molecule has 1 saturated heterocycles. The first-order valence-electron chi connectivity index (χ1n) is 12.3. The van der Waals surface area contributed by atoms with Crippen molar-refractivity contribution in [3.63, 3.8) is 0 Å². The average Bonchev–Trinajstić information content (AvgIpc) is 3.54. The number of thiophene rings is 1. The molecule has 180 valence electrons. The summed E-state index contributed by atoms with van der Waals surface area (Å²) in [6.07, 6.45) is 4.20. The predicted molar refractivity (Wildman–Crippen MR) is 144 cm³/mol. The van der Waals surface area contributed by atoms with Crippen LogP contribution in [0.5, 0.6) is 0 Å². The topological polar surface area (TPSA) is 41.9 Å². The number of oxime groups is 1. The minimum atomic E-state index is -0.287. The summed E-state index contributed by atoms with van der Waals surface area (Å²) < 4.78 is 0. The standard InChI is InChI=1S/C30H32N2O2S/c1-29(2,3)25-11-9-22(10-12-25)26(24-13-18-35-21-24)19-28(33)32-16-14-30(15-17-32)20-27(31-34-30)23-7-5-4-6-8-23/h4-13,18-19,21H,14-17,20H2,1-3H3. The van der Waals surface area contributed by atoms with E-state index in [-0.39, 0.29) is 16.9 Å². The third-order valence-corrected chi connectivity index (χ3v) is 7.78. The average molecular weight is 485 g/mol. The zero-order valence-electron chi connectivity index (χ0n) is 20.7. The van der Waals surface area contributed by atoms with Crippen LogP contribution in [-0.2, 0) is 15.0 Å². The van der Waals surface area contributed by atoms with Crippen LogP contribution in [0, 0.1) is 0 Å². The highest BCUT2D eigenvalue weighted by Gasteiger charge is 2.43. The van der Waals surface area contributed by atoms with Gasteiger partial charge in [-0.3, -0.25) is 4.79 Å². The summed E-state index contributed by atoms with van der Waals surface area (Å²) in [4.78, 5) is 21.3. The molecule has 0 aliphatic carbocycles. The Morgan fingerprint density at radius 3 is 2.34 bits per heavy atom. The summed E-state index contributed by atoms with van der Waals surface area (Å²) in [5, 5.41) is 8.57. The summed E-state index contributed by atoms with van der Waals surface area (Å²) in [6, 6.07) is 20.9. The third kappa shape index (κ3) is 5.10. The lowest BCUT2D eigenvalue weighted by Crippen LogP contribution is -2.46. The molecule has 0 bridgehead atoms. The minimum Gasteiger partial charge on any atom is -0.388 e. The molecule has 0 unspecified atom stereocenters. The van der Waals surface area contributed by atoms with Crippen molar-refractivity contribution in [3.05, 3.63) is 99.8 Å². The van der Waals surface area contributed by atoms with Crippen molar-refractivity contribution in [1.82, 2.24) is 4.90 Å². The van der Waals surface area contributed by atoms with Crippen molar-refractivity contribution < 1.29 is 9.63 Å². The second-order valence-corrected chi connectivity index (χ2v) is 11.4. The zero-order chi connectivity index (χ0) is 24.5. The first-order chi connectivity index (χ1) is 16.8. The molecule has 5 heteroatoms. The lowest BCUT2D eigenvalue weighted by atomic mass is 9.85. The fourth-order valence-electron chi connectivity index (χ4n) is 4.83. The number of hydrogen-bond acceptors (Lipinski definition) is 4. The Bertz CT molecular complexity index is 1230. The number of nitrogens with zero attached hydrogens (tertiary/aromatic N) is 2. The number of carbonyl (C=O) groups excluding carboxylic acids is 1. The Balaban J connectivity index is 1.29. The number of benzene rings is 2. The van der Waals surface area contributed by atoms with Crippen LogP contribution in [0.3, 0.4) is 0 Å². The van der Waals surface area contributed by atoms with Crippen molar-refractivity contribution >= 4 is 28.5 Å². The monoisotopic (exact) mass is 484 g/mol. The molecule has 0 atom stereocenters. The molecular formula is C30H32N2O2S. The first kappa shape index (κ1) is 23.6. The van der Waals surface area contributed by atoms with Gasteiger partial charge in [-0.15, -0.1) is 0 Å². The summed E-state index contributed by atoms with van der Waals surface area (Å²) in [6.45, 7) is 7.99. The van der Waals surface area contributed by atoms with E-state index in [0.717, 1.165) is 47.2 Å². The maximum absolute atomic E-state index is 13.4. The smallest absolute Gasteiger partial charge is 0.247 e. The van der Waals surface area contributed by atoms with Crippen molar-refractivity contribution in [2.24, 2.45) is 5.16 Å². The molecule has 35 heavy (non-hydrogen) atoms. The van der Waals surface area contributed by atoms with Crippen LogP contribution in [0.4, 0.5) is 0 Å². The van der Waals surface area contributed by atoms with E-state index in [9.17, 15) is 4.79 Å². The zero-order valence-corrected chi connectivity index (χ0v) is 21.5. The minimum absolute atomic E-state index is 0.0585. The molecule has 0 radical (unpaired) electrons. The molecule has 2 aliphatic rings. The fraction of sp³-hybridized carbons (Fsp3) is 0.333. The van der Waals surface area contributed by atoms with Crippen molar-refractivity contribution in [2.45, 2.75) is 51.0 Å². The van der Waals surface area contributed by atoms with E-state index >= 15 is 0 Å². The van der Waals surface area contributed by atoms with Crippen molar-refractivity contribution in [3.8, 4) is 0 Å². The molecule has 0 saturated carbocycles.